The van der Waals surface area contributed by atoms with Crippen LogP contribution in [0, 0.1) is 0 Å². The number of aromatic nitrogens is 3. The number of nitrogens with zero attached hydrogens (tertiary/aromatic N) is 3. The minimum absolute atomic E-state index is 0. The van der Waals surface area contributed by atoms with Crippen LogP contribution in [0.3, 0.4) is 0 Å². The van der Waals surface area contributed by atoms with Crippen LogP contribution in [0.1, 0.15) is 50.3 Å². The number of hydrogen-bond acceptors (Lipinski definition) is 5. The van der Waals surface area contributed by atoms with Crippen molar-refractivity contribution in [3.63, 3.8) is 0 Å². The van der Waals surface area contributed by atoms with E-state index in [0.717, 1.165) is 31.0 Å². The summed E-state index contributed by atoms with van der Waals surface area (Å²) < 4.78 is 6.79. The van der Waals surface area contributed by atoms with E-state index in [1.165, 1.54) is 7.11 Å². The SMILES string of the molecule is COCC(N)C(=O)NC1CCCn2nc(C(C)C)nc21.Cl. The molecule has 21 heavy (non-hydrogen) atoms. The van der Waals surface area contributed by atoms with Crippen LogP contribution in [0.15, 0.2) is 0 Å². The van der Waals surface area contributed by atoms with E-state index in [2.05, 4.69) is 29.2 Å². The lowest BCUT2D eigenvalue weighted by molar-refractivity contribution is -0.124. The van der Waals surface area contributed by atoms with Crippen molar-refractivity contribution in [1.29, 1.82) is 0 Å². The summed E-state index contributed by atoms with van der Waals surface area (Å²) in [6.45, 7) is 5.18. The molecule has 0 spiro atoms. The maximum atomic E-state index is 12.0. The quantitative estimate of drug-likeness (QED) is 0.835. The highest BCUT2D eigenvalue weighted by Gasteiger charge is 2.27. The predicted molar refractivity (Wildman–Crippen MR) is 81.3 cm³/mol. The van der Waals surface area contributed by atoms with Gasteiger partial charge in [0.1, 0.15) is 11.9 Å². The molecule has 1 aromatic rings. The summed E-state index contributed by atoms with van der Waals surface area (Å²) in [5, 5.41) is 7.43. The molecular weight excluding hydrogens is 294 g/mol. The highest BCUT2D eigenvalue weighted by molar-refractivity contribution is 5.85. The van der Waals surface area contributed by atoms with E-state index < -0.39 is 6.04 Å². The molecular formula is C13H24ClN5O2. The van der Waals surface area contributed by atoms with Crippen molar-refractivity contribution >= 4 is 18.3 Å². The van der Waals surface area contributed by atoms with Crippen LogP contribution in [0.4, 0.5) is 0 Å². The molecule has 0 aromatic carbocycles. The fourth-order valence-electron chi connectivity index (χ4n) is 2.28. The number of halogens is 1. The van der Waals surface area contributed by atoms with E-state index in [-0.39, 0.29) is 36.9 Å². The van der Waals surface area contributed by atoms with E-state index in [1.54, 1.807) is 0 Å². The summed E-state index contributed by atoms with van der Waals surface area (Å²) in [5.74, 6) is 1.72. The first-order valence-corrected chi connectivity index (χ1v) is 7.02. The Morgan fingerprint density at radius 1 is 1.57 bits per heavy atom. The number of carbonyl (C=O) groups is 1. The number of hydrogen-bond donors (Lipinski definition) is 2. The predicted octanol–water partition coefficient (Wildman–Crippen LogP) is 0.748. The molecule has 2 rings (SSSR count). The first kappa shape index (κ1) is 17.9. The third kappa shape index (κ3) is 4.15. The third-order valence-corrected chi connectivity index (χ3v) is 3.41. The third-order valence-electron chi connectivity index (χ3n) is 3.41. The summed E-state index contributed by atoms with van der Waals surface area (Å²) in [5.41, 5.74) is 5.74. The summed E-state index contributed by atoms with van der Waals surface area (Å²) in [7, 11) is 1.53. The van der Waals surface area contributed by atoms with E-state index >= 15 is 0 Å². The van der Waals surface area contributed by atoms with Crippen molar-refractivity contribution in [2.45, 2.75) is 51.2 Å². The summed E-state index contributed by atoms with van der Waals surface area (Å²) in [6.07, 6.45) is 1.83. The van der Waals surface area contributed by atoms with Gasteiger partial charge in [0.25, 0.3) is 0 Å². The van der Waals surface area contributed by atoms with Gasteiger partial charge in [-0.2, -0.15) is 5.10 Å². The molecule has 3 N–H and O–H groups in total. The van der Waals surface area contributed by atoms with Crippen molar-refractivity contribution < 1.29 is 9.53 Å². The van der Waals surface area contributed by atoms with Gasteiger partial charge in [0.15, 0.2) is 5.82 Å². The Kier molecular flexibility index (Phi) is 6.57. The van der Waals surface area contributed by atoms with Gasteiger partial charge in [-0.3, -0.25) is 4.79 Å². The molecule has 0 saturated heterocycles. The van der Waals surface area contributed by atoms with Gasteiger partial charge < -0.3 is 15.8 Å². The van der Waals surface area contributed by atoms with Gasteiger partial charge in [0, 0.05) is 19.6 Å². The molecule has 0 radical (unpaired) electrons. The highest BCUT2D eigenvalue weighted by atomic mass is 35.5. The zero-order chi connectivity index (χ0) is 14.7. The van der Waals surface area contributed by atoms with Crippen LogP contribution in [0.25, 0.3) is 0 Å². The van der Waals surface area contributed by atoms with Crippen molar-refractivity contribution in [2.24, 2.45) is 5.73 Å². The fraction of sp³-hybridized carbons (Fsp3) is 0.769. The van der Waals surface area contributed by atoms with E-state index in [0.29, 0.717) is 0 Å². The molecule has 7 nitrogen and oxygen atoms in total. The Morgan fingerprint density at radius 3 is 2.90 bits per heavy atom. The van der Waals surface area contributed by atoms with Crippen LogP contribution in [0.5, 0.6) is 0 Å². The topological polar surface area (TPSA) is 95.1 Å². The minimum Gasteiger partial charge on any atom is -0.383 e. The Balaban J connectivity index is 0.00000220. The van der Waals surface area contributed by atoms with Gasteiger partial charge in [-0.05, 0) is 12.8 Å². The minimum atomic E-state index is -0.650. The number of nitrogens with one attached hydrogen (secondary N) is 1. The first-order chi connectivity index (χ1) is 9.52. The van der Waals surface area contributed by atoms with Gasteiger partial charge >= 0.3 is 0 Å². The largest absolute Gasteiger partial charge is 0.383 e. The number of amides is 1. The normalized spacial score (nSPS) is 18.8. The number of methoxy groups -OCH3 is 1. The second kappa shape index (κ2) is 7.72. The Bertz CT molecular complexity index is 477. The summed E-state index contributed by atoms with van der Waals surface area (Å²) in [6, 6.07) is -0.762. The van der Waals surface area contributed by atoms with Gasteiger partial charge in [0.05, 0.1) is 12.6 Å². The van der Waals surface area contributed by atoms with Gasteiger partial charge in [-0.15, -0.1) is 12.4 Å². The Hall–Kier alpha value is -1.18. The first-order valence-electron chi connectivity index (χ1n) is 7.02. The van der Waals surface area contributed by atoms with Gasteiger partial charge in [-0.25, -0.2) is 9.67 Å². The molecule has 1 aromatic heterocycles. The molecule has 0 bridgehead atoms. The van der Waals surface area contributed by atoms with Crippen LogP contribution >= 0.6 is 12.4 Å². The smallest absolute Gasteiger partial charge is 0.239 e. The van der Waals surface area contributed by atoms with Crippen molar-refractivity contribution in [3.8, 4) is 0 Å². The molecule has 8 heteroatoms. The standard InChI is InChI=1S/C13H23N5O2.ClH/c1-8(2)11-16-12-10(5-4-6-18(12)17-11)15-13(19)9(14)7-20-3;/h8-10H,4-7,14H2,1-3H3,(H,15,19);1H. The molecule has 2 unspecified atom stereocenters. The number of aryl methyl sites for hydroxylation is 1. The molecule has 1 amide bonds. The molecule has 1 aliphatic heterocycles. The lowest BCUT2D eigenvalue weighted by atomic mass is 10.1. The fourth-order valence-corrected chi connectivity index (χ4v) is 2.28. The number of carbonyl (C=O) groups excluding carboxylic acids is 1. The molecule has 2 heterocycles. The molecule has 0 fully saturated rings. The second-order valence-electron chi connectivity index (χ2n) is 5.47. The number of nitrogens with two attached hydrogens (primary N) is 1. The molecule has 0 aliphatic carbocycles. The van der Waals surface area contributed by atoms with Crippen LogP contribution in [-0.4, -0.2) is 40.4 Å². The van der Waals surface area contributed by atoms with Crippen molar-refractivity contribution in [1.82, 2.24) is 20.1 Å². The van der Waals surface area contributed by atoms with Crippen LogP contribution in [0.2, 0.25) is 0 Å². The van der Waals surface area contributed by atoms with Gasteiger partial charge in [0.2, 0.25) is 5.91 Å². The highest BCUT2D eigenvalue weighted by Crippen LogP contribution is 2.24. The molecule has 2 atom stereocenters. The van der Waals surface area contributed by atoms with Crippen LogP contribution < -0.4 is 11.1 Å². The zero-order valence-corrected chi connectivity index (χ0v) is 13.5. The van der Waals surface area contributed by atoms with Crippen molar-refractivity contribution in [2.75, 3.05) is 13.7 Å². The van der Waals surface area contributed by atoms with E-state index in [9.17, 15) is 4.79 Å². The summed E-state index contributed by atoms with van der Waals surface area (Å²) in [4.78, 5) is 16.5. The Morgan fingerprint density at radius 2 is 2.29 bits per heavy atom. The molecule has 120 valence electrons. The maximum absolute atomic E-state index is 12.0. The monoisotopic (exact) mass is 317 g/mol. The number of fused-ring (bicyclic) bond motifs is 1. The van der Waals surface area contributed by atoms with Crippen LogP contribution in [-0.2, 0) is 16.1 Å². The molecule has 0 saturated carbocycles. The molecule has 1 aliphatic rings. The average molecular weight is 318 g/mol. The van der Waals surface area contributed by atoms with Crippen molar-refractivity contribution in [3.05, 3.63) is 11.6 Å². The Labute approximate surface area is 131 Å². The lowest BCUT2D eigenvalue weighted by Gasteiger charge is -2.24. The van der Waals surface area contributed by atoms with E-state index in [4.69, 9.17) is 10.5 Å². The number of rotatable bonds is 5. The second-order valence-corrected chi connectivity index (χ2v) is 5.47. The maximum Gasteiger partial charge on any atom is 0.239 e. The lowest BCUT2D eigenvalue weighted by Crippen LogP contribution is -2.45. The number of ether oxygens (including phenoxy) is 1. The van der Waals surface area contributed by atoms with E-state index in [1.807, 2.05) is 4.68 Å². The zero-order valence-electron chi connectivity index (χ0n) is 12.7. The average Bonchev–Trinajstić information content (AvgIpc) is 2.84. The summed E-state index contributed by atoms with van der Waals surface area (Å²) >= 11 is 0. The van der Waals surface area contributed by atoms with Gasteiger partial charge in [-0.1, -0.05) is 13.8 Å².